The number of carbonyl (C=O) groups excluding carboxylic acids is 1. The Morgan fingerprint density at radius 1 is 1.06 bits per heavy atom. The number of carbonyl (C=O) groups is 1. The van der Waals surface area contributed by atoms with Gasteiger partial charge in [-0.25, -0.2) is 0 Å². The summed E-state index contributed by atoms with van der Waals surface area (Å²) in [5.74, 6) is 0.836. The van der Waals surface area contributed by atoms with Crippen LogP contribution in [0.3, 0.4) is 0 Å². The SMILES string of the molecule is COc1cc(CNC(C)c2ccccc2)cc(Br)c1OCC(=O)Nc1ccc(C)cc1. The number of benzene rings is 3. The predicted molar refractivity (Wildman–Crippen MR) is 128 cm³/mol. The zero-order valence-electron chi connectivity index (χ0n) is 17.9. The average molecular weight is 483 g/mol. The van der Waals surface area contributed by atoms with Crippen LogP contribution in [0.5, 0.6) is 11.5 Å². The summed E-state index contributed by atoms with van der Waals surface area (Å²) in [5.41, 5.74) is 4.14. The van der Waals surface area contributed by atoms with Crippen molar-refractivity contribution in [3.63, 3.8) is 0 Å². The first kappa shape index (κ1) is 22.8. The van der Waals surface area contributed by atoms with Gasteiger partial charge in [0.1, 0.15) is 0 Å². The molecule has 5 nitrogen and oxygen atoms in total. The van der Waals surface area contributed by atoms with Crippen molar-refractivity contribution in [2.24, 2.45) is 0 Å². The third-order valence-corrected chi connectivity index (χ3v) is 5.47. The number of methoxy groups -OCH3 is 1. The van der Waals surface area contributed by atoms with Crippen molar-refractivity contribution in [3.8, 4) is 11.5 Å². The van der Waals surface area contributed by atoms with E-state index in [9.17, 15) is 4.79 Å². The van der Waals surface area contributed by atoms with Crippen LogP contribution in [-0.4, -0.2) is 19.6 Å². The highest BCUT2D eigenvalue weighted by atomic mass is 79.9. The summed E-state index contributed by atoms with van der Waals surface area (Å²) >= 11 is 3.55. The average Bonchev–Trinajstić information content (AvgIpc) is 2.78. The summed E-state index contributed by atoms with van der Waals surface area (Å²) in [6.45, 7) is 4.68. The van der Waals surface area contributed by atoms with E-state index in [1.54, 1.807) is 7.11 Å². The molecule has 0 radical (unpaired) electrons. The molecule has 3 rings (SSSR count). The van der Waals surface area contributed by atoms with E-state index in [1.165, 1.54) is 5.56 Å². The summed E-state index contributed by atoms with van der Waals surface area (Å²) in [4.78, 5) is 12.3. The summed E-state index contributed by atoms with van der Waals surface area (Å²) in [7, 11) is 1.59. The third kappa shape index (κ3) is 6.57. The Kier molecular flexibility index (Phi) is 8.09. The van der Waals surface area contributed by atoms with E-state index in [1.807, 2.05) is 61.5 Å². The molecule has 0 saturated carbocycles. The minimum absolute atomic E-state index is 0.120. The zero-order chi connectivity index (χ0) is 22.2. The largest absolute Gasteiger partial charge is 0.493 e. The number of hydrogen-bond donors (Lipinski definition) is 2. The Hall–Kier alpha value is -2.83. The lowest BCUT2D eigenvalue weighted by Gasteiger charge is -2.17. The molecular weight excluding hydrogens is 456 g/mol. The molecule has 31 heavy (non-hydrogen) atoms. The summed E-state index contributed by atoms with van der Waals surface area (Å²) in [6.07, 6.45) is 0. The molecule has 0 spiro atoms. The Bertz CT molecular complexity index is 1010. The molecule has 0 saturated heterocycles. The monoisotopic (exact) mass is 482 g/mol. The predicted octanol–water partition coefficient (Wildman–Crippen LogP) is 5.63. The molecule has 0 aromatic heterocycles. The molecule has 1 atom stereocenters. The first-order valence-electron chi connectivity index (χ1n) is 10.1. The number of nitrogens with one attached hydrogen (secondary N) is 2. The van der Waals surface area contributed by atoms with Crippen LogP contribution in [0.15, 0.2) is 71.2 Å². The number of halogens is 1. The number of hydrogen-bond acceptors (Lipinski definition) is 4. The highest BCUT2D eigenvalue weighted by Crippen LogP contribution is 2.36. The van der Waals surface area contributed by atoms with Gasteiger partial charge in [0, 0.05) is 18.3 Å². The van der Waals surface area contributed by atoms with Gasteiger partial charge in [0.2, 0.25) is 0 Å². The quantitative estimate of drug-likeness (QED) is 0.414. The Labute approximate surface area is 191 Å². The van der Waals surface area contributed by atoms with Gasteiger partial charge in [-0.15, -0.1) is 0 Å². The second-order valence-corrected chi connectivity index (χ2v) is 8.18. The molecule has 1 amide bonds. The fourth-order valence-corrected chi connectivity index (χ4v) is 3.72. The fraction of sp³-hybridized carbons (Fsp3) is 0.240. The summed E-state index contributed by atoms with van der Waals surface area (Å²) < 4.78 is 12.0. The van der Waals surface area contributed by atoms with Crippen molar-refractivity contribution in [3.05, 3.63) is 87.9 Å². The molecule has 3 aromatic carbocycles. The van der Waals surface area contributed by atoms with E-state index >= 15 is 0 Å². The molecule has 0 aliphatic carbocycles. The van der Waals surface area contributed by atoms with Crippen molar-refractivity contribution in [2.45, 2.75) is 26.4 Å². The van der Waals surface area contributed by atoms with Crippen molar-refractivity contribution in [1.82, 2.24) is 5.32 Å². The lowest BCUT2D eigenvalue weighted by atomic mass is 10.1. The molecule has 2 N–H and O–H groups in total. The molecular formula is C25H27BrN2O3. The van der Waals surface area contributed by atoms with Gasteiger partial charge >= 0.3 is 0 Å². The number of amides is 1. The van der Waals surface area contributed by atoms with Gasteiger partial charge in [-0.3, -0.25) is 4.79 Å². The van der Waals surface area contributed by atoms with E-state index in [-0.39, 0.29) is 18.6 Å². The van der Waals surface area contributed by atoms with E-state index in [4.69, 9.17) is 9.47 Å². The molecule has 0 aliphatic heterocycles. The minimum atomic E-state index is -0.236. The van der Waals surface area contributed by atoms with E-state index in [0.717, 1.165) is 21.3 Å². The smallest absolute Gasteiger partial charge is 0.262 e. The van der Waals surface area contributed by atoms with Gasteiger partial charge in [-0.1, -0.05) is 48.0 Å². The molecule has 0 fully saturated rings. The van der Waals surface area contributed by atoms with Gasteiger partial charge in [0.25, 0.3) is 5.91 Å². The molecule has 6 heteroatoms. The third-order valence-electron chi connectivity index (χ3n) is 4.88. The minimum Gasteiger partial charge on any atom is -0.493 e. The van der Waals surface area contributed by atoms with E-state index in [2.05, 4.69) is 45.6 Å². The first-order chi connectivity index (χ1) is 15.0. The van der Waals surface area contributed by atoms with Crippen LogP contribution in [0.25, 0.3) is 0 Å². The number of rotatable bonds is 9. The standard InChI is InChI=1S/C25H27BrN2O3/c1-17-9-11-21(12-10-17)28-24(29)16-31-25-22(26)13-19(14-23(25)30-3)15-27-18(2)20-7-5-4-6-8-20/h4-14,18,27H,15-16H2,1-3H3,(H,28,29). The summed E-state index contributed by atoms with van der Waals surface area (Å²) in [6, 6.07) is 22.0. The Morgan fingerprint density at radius 3 is 2.45 bits per heavy atom. The van der Waals surface area contributed by atoms with Crippen LogP contribution in [0.1, 0.15) is 29.7 Å². The first-order valence-corrected chi connectivity index (χ1v) is 10.9. The van der Waals surface area contributed by atoms with Gasteiger partial charge in [0.05, 0.1) is 11.6 Å². The second-order valence-electron chi connectivity index (χ2n) is 7.33. The second kappa shape index (κ2) is 11.0. The zero-order valence-corrected chi connectivity index (χ0v) is 19.5. The van der Waals surface area contributed by atoms with Gasteiger partial charge in [-0.2, -0.15) is 0 Å². The van der Waals surface area contributed by atoms with E-state index < -0.39 is 0 Å². The van der Waals surface area contributed by atoms with Crippen LogP contribution < -0.4 is 20.1 Å². The van der Waals surface area contributed by atoms with Crippen molar-refractivity contribution < 1.29 is 14.3 Å². The lowest BCUT2D eigenvalue weighted by Crippen LogP contribution is -2.20. The van der Waals surface area contributed by atoms with Crippen LogP contribution in [-0.2, 0) is 11.3 Å². The molecule has 162 valence electrons. The fourth-order valence-electron chi connectivity index (χ4n) is 3.12. The van der Waals surface area contributed by atoms with Crippen molar-refractivity contribution >= 4 is 27.5 Å². The highest BCUT2D eigenvalue weighted by molar-refractivity contribution is 9.10. The normalized spacial score (nSPS) is 11.6. The van der Waals surface area contributed by atoms with Crippen LogP contribution >= 0.6 is 15.9 Å². The lowest BCUT2D eigenvalue weighted by molar-refractivity contribution is -0.118. The number of ether oxygens (including phenoxy) is 2. The van der Waals surface area contributed by atoms with E-state index in [0.29, 0.717) is 18.0 Å². The highest BCUT2D eigenvalue weighted by Gasteiger charge is 2.14. The molecule has 3 aromatic rings. The number of anilines is 1. The maximum Gasteiger partial charge on any atom is 0.262 e. The van der Waals surface area contributed by atoms with Crippen LogP contribution in [0.4, 0.5) is 5.69 Å². The van der Waals surface area contributed by atoms with Crippen LogP contribution in [0, 0.1) is 6.92 Å². The molecule has 0 bridgehead atoms. The van der Waals surface area contributed by atoms with Gasteiger partial charge in [0.15, 0.2) is 18.1 Å². The topological polar surface area (TPSA) is 59.6 Å². The van der Waals surface area contributed by atoms with Crippen molar-refractivity contribution in [2.75, 3.05) is 19.0 Å². The molecule has 1 unspecified atom stereocenters. The maximum absolute atomic E-state index is 12.3. The molecule has 0 aliphatic rings. The molecule has 0 heterocycles. The Morgan fingerprint density at radius 2 is 1.77 bits per heavy atom. The number of aryl methyl sites for hydroxylation is 1. The Balaban J connectivity index is 1.60. The van der Waals surface area contributed by atoms with Crippen LogP contribution in [0.2, 0.25) is 0 Å². The summed E-state index contributed by atoms with van der Waals surface area (Å²) in [5, 5.41) is 6.34. The van der Waals surface area contributed by atoms with Crippen molar-refractivity contribution in [1.29, 1.82) is 0 Å². The maximum atomic E-state index is 12.3. The van der Waals surface area contributed by atoms with Gasteiger partial charge < -0.3 is 20.1 Å². The van der Waals surface area contributed by atoms with Gasteiger partial charge in [-0.05, 0) is 65.2 Å².